The van der Waals surface area contributed by atoms with Crippen molar-refractivity contribution in [2.45, 2.75) is 0 Å². The summed E-state index contributed by atoms with van der Waals surface area (Å²) in [5, 5.41) is 12.5. The van der Waals surface area contributed by atoms with Crippen molar-refractivity contribution in [3.8, 4) is 6.07 Å². The maximum Gasteiger partial charge on any atom is 0.272 e. The first-order valence-corrected chi connectivity index (χ1v) is 5.53. The topological polar surface area (TPSA) is 78.1 Å². The smallest absolute Gasteiger partial charge is 0.267 e. The lowest BCUT2D eigenvalue weighted by Crippen LogP contribution is -2.17. The van der Waals surface area contributed by atoms with Crippen LogP contribution >= 0.6 is 0 Å². The highest BCUT2D eigenvalue weighted by atomic mass is 16.2. The highest BCUT2D eigenvalue weighted by Gasteiger charge is 2.02. The molecule has 0 aliphatic rings. The summed E-state index contributed by atoms with van der Waals surface area (Å²) in [6, 6.07) is 12.2. The van der Waals surface area contributed by atoms with Crippen LogP contribution in [0.25, 0.3) is 0 Å². The Balaban J connectivity index is 1.96. The van der Waals surface area contributed by atoms with Gasteiger partial charge in [-0.25, -0.2) is 5.43 Å². The lowest BCUT2D eigenvalue weighted by atomic mass is 10.2. The molecule has 0 saturated heterocycles. The molecule has 0 unspecified atom stereocenters. The van der Waals surface area contributed by atoms with Gasteiger partial charge in [-0.1, -0.05) is 12.1 Å². The lowest BCUT2D eigenvalue weighted by molar-refractivity contribution is 0.0955. The Morgan fingerprint density at radius 3 is 2.74 bits per heavy atom. The second-order valence-electron chi connectivity index (χ2n) is 3.67. The zero-order valence-electron chi connectivity index (χ0n) is 9.95. The SMILES string of the molecule is N#Cc1ccc(/C=N\NC(=O)c2cccnc2)cc1. The number of amides is 1. The molecule has 19 heavy (non-hydrogen) atoms. The van der Waals surface area contributed by atoms with Crippen LogP contribution in [0, 0.1) is 11.3 Å². The molecule has 92 valence electrons. The fourth-order valence-corrected chi connectivity index (χ4v) is 1.37. The van der Waals surface area contributed by atoms with Crippen molar-refractivity contribution in [1.82, 2.24) is 10.4 Å². The fraction of sp³-hybridized carbons (Fsp3) is 0. The number of pyridine rings is 1. The third-order valence-electron chi connectivity index (χ3n) is 2.34. The van der Waals surface area contributed by atoms with E-state index in [0.29, 0.717) is 11.1 Å². The number of hydrazone groups is 1. The van der Waals surface area contributed by atoms with Gasteiger partial charge >= 0.3 is 0 Å². The molecule has 0 fully saturated rings. The zero-order valence-corrected chi connectivity index (χ0v) is 9.95. The van der Waals surface area contributed by atoms with Crippen molar-refractivity contribution < 1.29 is 4.79 Å². The van der Waals surface area contributed by atoms with Crippen LogP contribution in [0.1, 0.15) is 21.5 Å². The van der Waals surface area contributed by atoms with Gasteiger partial charge in [0.15, 0.2) is 0 Å². The van der Waals surface area contributed by atoms with Crippen LogP contribution in [0.2, 0.25) is 0 Å². The molecule has 2 rings (SSSR count). The van der Waals surface area contributed by atoms with E-state index in [-0.39, 0.29) is 5.91 Å². The first kappa shape index (κ1) is 12.5. The summed E-state index contributed by atoms with van der Waals surface area (Å²) < 4.78 is 0. The Bertz CT molecular complexity index is 627. The van der Waals surface area contributed by atoms with Gasteiger partial charge in [-0.3, -0.25) is 9.78 Å². The normalized spacial score (nSPS) is 10.1. The average Bonchev–Trinajstić information content (AvgIpc) is 2.49. The average molecular weight is 250 g/mol. The Morgan fingerprint density at radius 1 is 1.32 bits per heavy atom. The standard InChI is InChI=1S/C14H10N4O/c15-8-11-3-5-12(6-4-11)9-17-18-14(19)13-2-1-7-16-10-13/h1-7,9-10H,(H,18,19)/b17-9-. The van der Waals surface area contributed by atoms with E-state index in [1.54, 1.807) is 42.6 Å². The van der Waals surface area contributed by atoms with Gasteiger partial charge in [0.05, 0.1) is 23.4 Å². The summed E-state index contributed by atoms with van der Waals surface area (Å²) >= 11 is 0. The van der Waals surface area contributed by atoms with Crippen LogP contribution in [-0.4, -0.2) is 17.1 Å². The number of nitriles is 1. The minimum atomic E-state index is -0.321. The molecule has 1 heterocycles. The lowest BCUT2D eigenvalue weighted by Gasteiger charge is -1.98. The van der Waals surface area contributed by atoms with Crippen molar-refractivity contribution in [2.75, 3.05) is 0 Å². The number of nitrogens with zero attached hydrogens (tertiary/aromatic N) is 3. The molecule has 0 bridgehead atoms. The first-order chi connectivity index (χ1) is 9.29. The third-order valence-corrected chi connectivity index (χ3v) is 2.34. The summed E-state index contributed by atoms with van der Waals surface area (Å²) in [6.45, 7) is 0. The maximum atomic E-state index is 11.6. The van der Waals surface area contributed by atoms with Crippen molar-refractivity contribution in [3.63, 3.8) is 0 Å². The molecule has 1 amide bonds. The van der Waals surface area contributed by atoms with E-state index in [0.717, 1.165) is 5.56 Å². The van der Waals surface area contributed by atoms with Gasteiger partial charge in [-0.2, -0.15) is 10.4 Å². The van der Waals surface area contributed by atoms with Crippen LogP contribution in [-0.2, 0) is 0 Å². The van der Waals surface area contributed by atoms with Gasteiger partial charge in [0.1, 0.15) is 0 Å². The van der Waals surface area contributed by atoms with E-state index in [1.165, 1.54) is 12.4 Å². The monoisotopic (exact) mass is 250 g/mol. The molecule has 0 saturated carbocycles. The van der Waals surface area contributed by atoms with Gasteiger partial charge in [0, 0.05) is 12.4 Å². The molecule has 0 aliphatic carbocycles. The Morgan fingerprint density at radius 2 is 2.11 bits per heavy atom. The molecule has 5 nitrogen and oxygen atoms in total. The van der Waals surface area contributed by atoms with Crippen LogP contribution in [0.4, 0.5) is 0 Å². The minimum Gasteiger partial charge on any atom is -0.267 e. The quantitative estimate of drug-likeness (QED) is 0.665. The Kier molecular flexibility index (Phi) is 3.98. The molecule has 1 N–H and O–H groups in total. The van der Waals surface area contributed by atoms with Gasteiger partial charge in [-0.15, -0.1) is 0 Å². The van der Waals surface area contributed by atoms with Gasteiger partial charge in [0.25, 0.3) is 5.91 Å². The summed E-state index contributed by atoms with van der Waals surface area (Å²) in [5.74, 6) is -0.321. The van der Waals surface area contributed by atoms with Crippen molar-refractivity contribution in [3.05, 3.63) is 65.5 Å². The largest absolute Gasteiger partial charge is 0.272 e. The summed E-state index contributed by atoms with van der Waals surface area (Å²) in [5.41, 5.74) is 4.22. The predicted molar refractivity (Wildman–Crippen MR) is 70.5 cm³/mol. The molecule has 2 aromatic rings. The van der Waals surface area contributed by atoms with E-state index in [1.807, 2.05) is 6.07 Å². The second-order valence-corrected chi connectivity index (χ2v) is 3.67. The maximum absolute atomic E-state index is 11.6. The predicted octanol–water partition coefficient (Wildman–Crippen LogP) is 1.72. The van der Waals surface area contributed by atoms with Crippen LogP contribution < -0.4 is 5.43 Å². The van der Waals surface area contributed by atoms with E-state index in [4.69, 9.17) is 5.26 Å². The van der Waals surface area contributed by atoms with E-state index >= 15 is 0 Å². The van der Waals surface area contributed by atoms with E-state index in [2.05, 4.69) is 15.5 Å². The van der Waals surface area contributed by atoms with Crippen molar-refractivity contribution in [1.29, 1.82) is 5.26 Å². The summed E-state index contributed by atoms with van der Waals surface area (Å²) in [4.78, 5) is 15.5. The number of aromatic nitrogens is 1. The molecular formula is C14H10N4O. The number of nitrogens with one attached hydrogen (secondary N) is 1. The van der Waals surface area contributed by atoms with E-state index in [9.17, 15) is 4.79 Å². The molecule has 1 aromatic heterocycles. The van der Waals surface area contributed by atoms with Gasteiger partial charge in [-0.05, 0) is 29.8 Å². The van der Waals surface area contributed by atoms with Gasteiger partial charge in [0.2, 0.25) is 0 Å². The number of hydrogen-bond acceptors (Lipinski definition) is 4. The van der Waals surface area contributed by atoms with Crippen LogP contribution in [0.15, 0.2) is 53.9 Å². The highest BCUT2D eigenvalue weighted by molar-refractivity contribution is 5.94. The minimum absolute atomic E-state index is 0.321. The van der Waals surface area contributed by atoms with Crippen LogP contribution in [0.3, 0.4) is 0 Å². The molecule has 0 radical (unpaired) electrons. The third kappa shape index (κ3) is 3.48. The molecule has 5 heteroatoms. The molecule has 1 aromatic carbocycles. The fourth-order valence-electron chi connectivity index (χ4n) is 1.37. The highest BCUT2D eigenvalue weighted by Crippen LogP contribution is 2.00. The van der Waals surface area contributed by atoms with Crippen molar-refractivity contribution >= 4 is 12.1 Å². The molecule has 0 atom stereocenters. The van der Waals surface area contributed by atoms with Gasteiger partial charge < -0.3 is 0 Å². The summed E-state index contributed by atoms with van der Waals surface area (Å²) in [6.07, 6.45) is 4.57. The first-order valence-electron chi connectivity index (χ1n) is 5.53. The zero-order chi connectivity index (χ0) is 13.5. The van der Waals surface area contributed by atoms with Crippen molar-refractivity contribution in [2.24, 2.45) is 5.10 Å². The number of hydrogen-bond donors (Lipinski definition) is 1. The summed E-state index contributed by atoms with van der Waals surface area (Å²) in [7, 11) is 0. The molecule has 0 spiro atoms. The number of benzene rings is 1. The van der Waals surface area contributed by atoms with E-state index < -0.39 is 0 Å². The molecular weight excluding hydrogens is 240 g/mol. The molecule has 0 aliphatic heterocycles. The number of carbonyl (C=O) groups excluding carboxylic acids is 1. The van der Waals surface area contributed by atoms with Crippen LogP contribution in [0.5, 0.6) is 0 Å². The second kappa shape index (κ2) is 6.07. The Hall–Kier alpha value is -3.00. The Labute approximate surface area is 110 Å². The number of carbonyl (C=O) groups is 1. The number of rotatable bonds is 3.